The van der Waals surface area contributed by atoms with Crippen molar-refractivity contribution in [3.8, 4) is 11.8 Å². The minimum absolute atomic E-state index is 0.0159. The molecule has 8 heteroatoms. The number of ether oxygens (including phenoxy) is 1. The van der Waals surface area contributed by atoms with Gasteiger partial charge >= 0.3 is 0 Å². The van der Waals surface area contributed by atoms with E-state index in [0.717, 1.165) is 5.56 Å². The molecule has 150 valence electrons. The second-order valence-electron chi connectivity index (χ2n) is 6.60. The molecule has 2 aromatic carbocycles. The second-order valence-corrected chi connectivity index (χ2v) is 6.60. The second kappa shape index (κ2) is 8.84. The van der Waals surface area contributed by atoms with Gasteiger partial charge in [0, 0.05) is 17.8 Å². The zero-order valence-corrected chi connectivity index (χ0v) is 16.4. The monoisotopic (exact) mass is 402 g/mol. The van der Waals surface area contributed by atoms with Crippen LogP contribution in [0.1, 0.15) is 27.3 Å². The van der Waals surface area contributed by atoms with Crippen molar-refractivity contribution >= 4 is 17.7 Å². The van der Waals surface area contributed by atoms with E-state index in [-0.39, 0.29) is 17.9 Å². The number of nitro benzene ring substituents is 1. The van der Waals surface area contributed by atoms with Crippen molar-refractivity contribution in [3.63, 3.8) is 0 Å². The smallest absolute Gasteiger partial charge is 0.289 e. The standard InChI is InChI=1S/C22H18N4O4/c1-15-10-16(2)25(24-15)22(27)19(13-23)11-18-4-3-5-21(12-18)30-14-17-6-8-20(9-7-17)26(28)29/h3-12H,14H2,1-2H3/b19-11+. The molecule has 0 fully saturated rings. The molecular formula is C22H18N4O4. The number of allylic oxidation sites excluding steroid dienone is 1. The molecule has 30 heavy (non-hydrogen) atoms. The Morgan fingerprint density at radius 1 is 1.23 bits per heavy atom. The minimum atomic E-state index is -0.500. The van der Waals surface area contributed by atoms with Gasteiger partial charge < -0.3 is 4.74 Å². The highest BCUT2D eigenvalue weighted by Crippen LogP contribution is 2.19. The Bertz CT molecular complexity index is 1170. The first-order valence-electron chi connectivity index (χ1n) is 9.03. The van der Waals surface area contributed by atoms with Crippen molar-refractivity contribution in [1.82, 2.24) is 9.78 Å². The molecule has 3 rings (SSSR count). The van der Waals surface area contributed by atoms with Gasteiger partial charge in [0.15, 0.2) is 0 Å². The Labute approximate surface area is 172 Å². The van der Waals surface area contributed by atoms with E-state index in [9.17, 15) is 20.2 Å². The van der Waals surface area contributed by atoms with Crippen LogP contribution in [0.4, 0.5) is 5.69 Å². The lowest BCUT2D eigenvalue weighted by Gasteiger charge is -2.07. The van der Waals surface area contributed by atoms with Crippen molar-refractivity contribution < 1.29 is 14.5 Å². The van der Waals surface area contributed by atoms with Gasteiger partial charge in [0.05, 0.1) is 10.6 Å². The number of nitriles is 1. The lowest BCUT2D eigenvalue weighted by molar-refractivity contribution is -0.384. The largest absolute Gasteiger partial charge is 0.489 e. The molecule has 0 saturated carbocycles. The summed E-state index contributed by atoms with van der Waals surface area (Å²) >= 11 is 0. The quantitative estimate of drug-likeness (QED) is 0.264. The molecule has 8 nitrogen and oxygen atoms in total. The van der Waals surface area contributed by atoms with Crippen molar-refractivity contribution in [2.24, 2.45) is 0 Å². The van der Waals surface area contributed by atoms with Gasteiger partial charge in [-0.2, -0.15) is 10.4 Å². The molecule has 0 saturated heterocycles. The Hall–Kier alpha value is -4.25. The number of rotatable bonds is 6. The Balaban J connectivity index is 1.75. The van der Waals surface area contributed by atoms with Gasteiger partial charge in [0.2, 0.25) is 0 Å². The summed E-state index contributed by atoms with van der Waals surface area (Å²) in [6.07, 6.45) is 1.48. The topological polar surface area (TPSA) is 111 Å². The Kier molecular flexibility index (Phi) is 6.03. The molecule has 3 aromatic rings. The van der Waals surface area contributed by atoms with Crippen LogP contribution in [0, 0.1) is 35.3 Å². The fourth-order valence-electron chi connectivity index (χ4n) is 2.83. The van der Waals surface area contributed by atoms with E-state index in [2.05, 4.69) is 5.10 Å². The van der Waals surface area contributed by atoms with Gasteiger partial charge in [-0.25, -0.2) is 4.68 Å². The summed E-state index contributed by atoms with van der Waals surface area (Å²) in [6.45, 7) is 3.75. The molecule has 0 aliphatic heterocycles. The summed E-state index contributed by atoms with van der Waals surface area (Å²) in [5.41, 5.74) is 2.72. The van der Waals surface area contributed by atoms with Crippen LogP contribution in [0.25, 0.3) is 6.08 Å². The van der Waals surface area contributed by atoms with Crippen LogP contribution in [0.15, 0.2) is 60.2 Å². The van der Waals surface area contributed by atoms with E-state index in [4.69, 9.17) is 4.74 Å². The molecule has 0 radical (unpaired) electrons. The number of carbonyl (C=O) groups excluding carboxylic acids is 1. The molecule has 0 aliphatic carbocycles. The highest BCUT2D eigenvalue weighted by molar-refractivity contribution is 6.03. The first-order chi connectivity index (χ1) is 14.4. The summed E-state index contributed by atoms with van der Waals surface area (Å²) in [5.74, 6) is 0.0401. The maximum absolute atomic E-state index is 12.6. The molecule has 1 heterocycles. The fraction of sp³-hybridized carbons (Fsp3) is 0.136. The molecule has 0 unspecified atom stereocenters. The maximum Gasteiger partial charge on any atom is 0.289 e. The number of nitrogens with zero attached hydrogens (tertiary/aromatic N) is 4. The number of non-ortho nitro benzene ring substituents is 1. The third kappa shape index (κ3) is 4.77. The summed E-state index contributed by atoms with van der Waals surface area (Å²) < 4.78 is 6.94. The predicted molar refractivity (Wildman–Crippen MR) is 110 cm³/mol. The molecule has 0 spiro atoms. The van der Waals surface area contributed by atoms with Gasteiger partial charge in [-0.15, -0.1) is 0 Å². The maximum atomic E-state index is 12.6. The summed E-state index contributed by atoms with van der Waals surface area (Å²) in [7, 11) is 0. The number of hydrogen-bond donors (Lipinski definition) is 0. The van der Waals surface area contributed by atoms with E-state index in [1.807, 2.05) is 6.07 Å². The Morgan fingerprint density at radius 2 is 1.97 bits per heavy atom. The van der Waals surface area contributed by atoms with Crippen LogP contribution >= 0.6 is 0 Å². The van der Waals surface area contributed by atoms with Crippen LogP contribution in [0.5, 0.6) is 5.75 Å². The summed E-state index contributed by atoms with van der Waals surface area (Å²) in [6, 6.07) is 16.7. The van der Waals surface area contributed by atoms with E-state index in [1.165, 1.54) is 22.9 Å². The van der Waals surface area contributed by atoms with Crippen molar-refractivity contribution in [3.05, 3.63) is 92.8 Å². The minimum Gasteiger partial charge on any atom is -0.489 e. The first-order valence-corrected chi connectivity index (χ1v) is 9.03. The first kappa shape index (κ1) is 20.5. The number of hydrogen-bond acceptors (Lipinski definition) is 6. The lowest BCUT2D eigenvalue weighted by atomic mass is 10.1. The highest BCUT2D eigenvalue weighted by atomic mass is 16.6. The van der Waals surface area contributed by atoms with Crippen molar-refractivity contribution in [1.29, 1.82) is 5.26 Å². The lowest BCUT2D eigenvalue weighted by Crippen LogP contribution is -2.15. The van der Waals surface area contributed by atoms with Crippen LogP contribution < -0.4 is 4.74 Å². The van der Waals surface area contributed by atoms with Gasteiger partial charge in [-0.3, -0.25) is 14.9 Å². The zero-order valence-electron chi connectivity index (χ0n) is 16.4. The fourth-order valence-corrected chi connectivity index (χ4v) is 2.83. The van der Waals surface area contributed by atoms with Crippen LogP contribution in [-0.2, 0) is 6.61 Å². The van der Waals surface area contributed by atoms with E-state index in [1.54, 1.807) is 56.3 Å². The third-order valence-electron chi connectivity index (χ3n) is 4.27. The van der Waals surface area contributed by atoms with Crippen molar-refractivity contribution in [2.75, 3.05) is 0 Å². The van der Waals surface area contributed by atoms with Gasteiger partial charge in [-0.05, 0) is 61.4 Å². The molecule has 0 bridgehead atoms. The normalized spacial score (nSPS) is 11.0. The molecule has 0 atom stereocenters. The van der Waals surface area contributed by atoms with Gasteiger partial charge in [-0.1, -0.05) is 12.1 Å². The number of carbonyl (C=O) groups is 1. The van der Waals surface area contributed by atoms with E-state index >= 15 is 0 Å². The summed E-state index contributed by atoms with van der Waals surface area (Å²) in [4.78, 5) is 22.9. The van der Waals surface area contributed by atoms with Crippen LogP contribution in [-0.4, -0.2) is 20.6 Å². The SMILES string of the molecule is Cc1cc(C)n(C(=O)/C(C#N)=C/c2cccc(OCc3ccc([N+](=O)[O-])cc3)c2)n1. The zero-order chi connectivity index (χ0) is 21.7. The number of nitro groups is 1. The highest BCUT2D eigenvalue weighted by Gasteiger charge is 2.15. The van der Waals surface area contributed by atoms with Gasteiger partial charge in [0.25, 0.3) is 11.6 Å². The molecular weight excluding hydrogens is 384 g/mol. The Morgan fingerprint density at radius 3 is 2.57 bits per heavy atom. The number of aryl methyl sites for hydroxylation is 2. The number of benzene rings is 2. The molecule has 0 N–H and O–H groups in total. The molecule has 0 amide bonds. The van der Waals surface area contributed by atoms with Crippen LogP contribution in [0.3, 0.4) is 0 Å². The van der Waals surface area contributed by atoms with Crippen LogP contribution in [0.2, 0.25) is 0 Å². The van der Waals surface area contributed by atoms with Crippen molar-refractivity contribution in [2.45, 2.75) is 20.5 Å². The van der Waals surface area contributed by atoms with Gasteiger partial charge in [0.1, 0.15) is 24.0 Å². The average molecular weight is 402 g/mol. The number of aromatic nitrogens is 2. The molecule has 1 aromatic heterocycles. The predicted octanol–water partition coefficient (Wildman–Crippen LogP) is 4.23. The van der Waals surface area contributed by atoms with E-state index < -0.39 is 10.8 Å². The third-order valence-corrected chi connectivity index (χ3v) is 4.27. The average Bonchev–Trinajstić information content (AvgIpc) is 3.08. The van der Waals surface area contributed by atoms with E-state index in [0.29, 0.717) is 22.7 Å². The molecule has 0 aliphatic rings. The summed E-state index contributed by atoms with van der Waals surface area (Å²) in [5, 5.41) is 24.3.